The van der Waals surface area contributed by atoms with E-state index >= 15 is 0 Å². The van der Waals surface area contributed by atoms with Gasteiger partial charge in [-0.15, -0.1) is 0 Å². The normalized spacial score (nSPS) is 14.5. The number of amides is 1. The van der Waals surface area contributed by atoms with E-state index in [1.54, 1.807) is 13.0 Å². The van der Waals surface area contributed by atoms with Gasteiger partial charge in [0.15, 0.2) is 5.65 Å². The van der Waals surface area contributed by atoms with Crippen LogP contribution in [0.3, 0.4) is 0 Å². The van der Waals surface area contributed by atoms with Crippen LogP contribution in [0.1, 0.15) is 62.9 Å². The summed E-state index contributed by atoms with van der Waals surface area (Å²) in [5.41, 5.74) is 4.58. The van der Waals surface area contributed by atoms with Crippen molar-refractivity contribution in [2.45, 2.75) is 58.1 Å². The van der Waals surface area contributed by atoms with Crippen LogP contribution < -0.4 is 5.32 Å². The molecule has 0 radical (unpaired) electrons. The Kier molecular flexibility index (Phi) is 6.69. The Morgan fingerprint density at radius 1 is 0.974 bits per heavy atom. The van der Waals surface area contributed by atoms with Crippen molar-refractivity contribution >= 4 is 17.7 Å². The Morgan fingerprint density at radius 2 is 1.68 bits per heavy atom. The molecule has 5 rings (SSSR count). The average Bonchev–Trinajstić information content (AvgIpc) is 3.26. The second kappa shape index (κ2) is 9.97. The molecule has 0 unspecified atom stereocenters. The van der Waals surface area contributed by atoms with Gasteiger partial charge in [-0.1, -0.05) is 54.6 Å². The highest BCUT2D eigenvalue weighted by Gasteiger charge is 2.41. The van der Waals surface area contributed by atoms with Gasteiger partial charge >= 0.3 is 12.1 Å². The van der Waals surface area contributed by atoms with Gasteiger partial charge in [0.05, 0.1) is 23.5 Å². The molecule has 7 nitrogen and oxygen atoms in total. The molecule has 0 spiro atoms. The fourth-order valence-corrected chi connectivity index (χ4v) is 4.97. The average molecular weight is 512 g/mol. The molecule has 2 aromatic heterocycles. The minimum absolute atomic E-state index is 0.291. The zero-order valence-corrected chi connectivity index (χ0v) is 22.3. The number of hydrogen-bond donors (Lipinski definition) is 1. The molecule has 1 saturated carbocycles. The lowest BCUT2D eigenvalue weighted by Gasteiger charge is -2.43. The first kappa shape index (κ1) is 25.5. The number of benzene rings is 2. The van der Waals surface area contributed by atoms with E-state index in [9.17, 15) is 9.59 Å². The Hall–Kier alpha value is -4.13. The summed E-state index contributed by atoms with van der Waals surface area (Å²) >= 11 is 0. The summed E-state index contributed by atoms with van der Waals surface area (Å²) in [4.78, 5) is 30.2. The Balaban J connectivity index is 1.56. The molecular weight excluding hydrogens is 478 g/mol. The number of rotatable bonds is 6. The lowest BCUT2D eigenvalue weighted by atomic mass is 9.71. The topological polar surface area (TPSA) is 81.9 Å². The first-order valence-corrected chi connectivity index (χ1v) is 13.1. The SMILES string of the molecule is CCOC(=O)c1cccn2c(-c3ccccc3)c(-c3ccc(C4(NC(=O)OC(C)(C)C)CCC4)cc3)nc12. The van der Waals surface area contributed by atoms with Crippen LogP contribution in [-0.2, 0) is 15.0 Å². The van der Waals surface area contributed by atoms with Crippen molar-refractivity contribution in [2.75, 3.05) is 6.61 Å². The Labute approximate surface area is 222 Å². The van der Waals surface area contributed by atoms with Crippen LogP contribution in [0.2, 0.25) is 0 Å². The van der Waals surface area contributed by atoms with Gasteiger partial charge in [-0.25, -0.2) is 14.6 Å². The minimum Gasteiger partial charge on any atom is -0.462 e. The number of nitrogens with zero attached hydrogens (tertiary/aromatic N) is 2. The van der Waals surface area contributed by atoms with E-state index in [1.165, 1.54) is 0 Å². The molecule has 196 valence electrons. The molecule has 2 aromatic carbocycles. The highest BCUT2D eigenvalue weighted by molar-refractivity contribution is 5.97. The largest absolute Gasteiger partial charge is 0.462 e. The molecule has 2 heterocycles. The standard InChI is InChI=1S/C31H33N3O4/c1-5-37-28(35)24-13-9-20-34-26(22-11-7-6-8-12-22)25(32-27(24)34)21-14-16-23(17-15-21)31(18-10-19-31)33-29(36)38-30(2,3)4/h6-9,11-17,20H,5,10,18-19H2,1-4H3,(H,33,36). The molecule has 0 saturated heterocycles. The zero-order chi connectivity index (χ0) is 26.9. The van der Waals surface area contributed by atoms with Crippen LogP contribution >= 0.6 is 0 Å². The number of aromatic nitrogens is 2. The molecule has 1 aliphatic rings. The van der Waals surface area contributed by atoms with Crippen LogP contribution in [0.5, 0.6) is 0 Å². The molecule has 0 aliphatic heterocycles. The van der Waals surface area contributed by atoms with Gasteiger partial charge in [-0.2, -0.15) is 0 Å². The molecule has 0 atom stereocenters. The van der Waals surface area contributed by atoms with E-state index < -0.39 is 23.2 Å². The number of carbonyl (C=O) groups is 2. The van der Waals surface area contributed by atoms with Crippen LogP contribution in [0.4, 0.5) is 4.79 Å². The second-order valence-electron chi connectivity index (χ2n) is 10.7. The van der Waals surface area contributed by atoms with Crippen molar-refractivity contribution in [3.05, 3.63) is 84.1 Å². The molecule has 1 amide bonds. The monoisotopic (exact) mass is 511 g/mol. The lowest BCUT2D eigenvalue weighted by molar-refractivity contribution is 0.0376. The van der Waals surface area contributed by atoms with Crippen molar-refractivity contribution in [3.8, 4) is 22.5 Å². The smallest absolute Gasteiger partial charge is 0.408 e. The summed E-state index contributed by atoms with van der Waals surface area (Å²) in [5, 5.41) is 3.12. The number of carbonyl (C=O) groups excluding carboxylic acids is 2. The number of nitrogens with one attached hydrogen (secondary N) is 1. The summed E-state index contributed by atoms with van der Waals surface area (Å²) in [5.74, 6) is -0.398. The van der Waals surface area contributed by atoms with E-state index in [2.05, 4.69) is 17.4 Å². The first-order chi connectivity index (χ1) is 18.2. The van der Waals surface area contributed by atoms with Crippen molar-refractivity contribution < 1.29 is 19.1 Å². The van der Waals surface area contributed by atoms with Gasteiger partial charge in [-0.05, 0) is 64.7 Å². The van der Waals surface area contributed by atoms with Crippen LogP contribution in [-0.4, -0.2) is 33.7 Å². The maximum absolute atomic E-state index is 12.7. The van der Waals surface area contributed by atoms with Gasteiger partial charge in [0.25, 0.3) is 0 Å². The third-order valence-corrected chi connectivity index (χ3v) is 6.85. The fourth-order valence-electron chi connectivity index (χ4n) is 4.97. The third-order valence-electron chi connectivity index (χ3n) is 6.85. The van der Waals surface area contributed by atoms with Gasteiger partial charge in [0.1, 0.15) is 11.2 Å². The molecule has 38 heavy (non-hydrogen) atoms. The maximum Gasteiger partial charge on any atom is 0.408 e. The highest BCUT2D eigenvalue weighted by Crippen LogP contribution is 2.42. The number of pyridine rings is 1. The molecule has 1 fully saturated rings. The fraction of sp³-hybridized carbons (Fsp3) is 0.323. The summed E-state index contributed by atoms with van der Waals surface area (Å²) in [6, 6.07) is 21.8. The van der Waals surface area contributed by atoms with Gasteiger partial charge in [0.2, 0.25) is 0 Å². The van der Waals surface area contributed by atoms with Gasteiger partial charge < -0.3 is 14.8 Å². The molecule has 4 aromatic rings. The minimum atomic E-state index is -0.557. The molecular formula is C31H33N3O4. The summed E-state index contributed by atoms with van der Waals surface area (Å²) in [7, 11) is 0. The second-order valence-corrected chi connectivity index (χ2v) is 10.7. The first-order valence-electron chi connectivity index (χ1n) is 13.1. The van der Waals surface area contributed by atoms with E-state index in [4.69, 9.17) is 14.5 Å². The van der Waals surface area contributed by atoms with Crippen molar-refractivity contribution in [2.24, 2.45) is 0 Å². The zero-order valence-electron chi connectivity index (χ0n) is 22.3. The van der Waals surface area contributed by atoms with Gasteiger partial charge in [0, 0.05) is 17.3 Å². The van der Waals surface area contributed by atoms with Crippen LogP contribution in [0, 0.1) is 0 Å². The number of hydrogen-bond acceptors (Lipinski definition) is 5. The quantitative estimate of drug-likeness (QED) is 0.290. The van der Waals surface area contributed by atoms with Crippen molar-refractivity contribution in [1.82, 2.24) is 14.7 Å². The van der Waals surface area contributed by atoms with Crippen LogP contribution in [0.25, 0.3) is 28.2 Å². The van der Waals surface area contributed by atoms with Gasteiger partial charge in [-0.3, -0.25) is 4.40 Å². The molecule has 7 heteroatoms. The van der Waals surface area contributed by atoms with Crippen molar-refractivity contribution in [3.63, 3.8) is 0 Å². The number of alkyl carbamates (subject to hydrolysis) is 1. The third kappa shape index (κ3) is 4.88. The Bertz CT molecular complexity index is 1460. The summed E-state index contributed by atoms with van der Waals surface area (Å²) < 4.78 is 12.8. The lowest BCUT2D eigenvalue weighted by Crippen LogP contribution is -2.52. The van der Waals surface area contributed by atoms with Crippen molar-refractivity contribution in [1.29, 1.82) is 0 Å². The molecule has 1 aliphatic carbocycles. The van der Waals surface area contributed by atoms with E-state index in [1.807, 2.05) is 79.9 Å². The summed E-state index contributed by atoms with van der Waals surface area (Å²) in [6.07, 6.45) is 4.27. The predicted octanol–water partition coefficient (Wildman–Crippen LogP) is 6.75. The molecule has 0 bridgehead atoms. The van der Waals surface area contributed by atoms with E-state index in [0.717, 1.165) is 47.3 Å². The number of imidazole rings is 1. The number of ether oxygens (including phenoxy) is 2. The Morgan fingerprint density at radius 3 is 2.29 bits per heavy atom. The number of fused-ring (bicyclic) bond motifs is 1. The molecule has 1 N–H and O–H groups in total. The van der Waals surface area contributed by atoms with E-state index in [-0.39, 0.29) is 0 Å². The van der Waals surface area contributed by atoms with Crippen LogP contribution in [0.15, 0.2) is 72.9 Å². The predicted molar refractivity (Wildman–Crippen MR) is 147 cm³/mol. The maximum atomic E-state index is 12.7. The highest BCUT2D eigenvalue weighted by atomic mass is 16.6. The number of esters is 1. The summed E-state index contributed by atoms with van der Waals surface area (Å²) in [6.45, 7) is 7.67. The van der Waals surface area contributed by atoms with E-state index in [0.29, 0.717) is 17.8 Å².